The summed E-state index contributed by atoms with van der Waals surface area (Å²) >= 11 is 0. The molecule has 4 rings (SSSR count). The van der Waals surface area contributed by atoms with Crippen molar-refractivity contribution in [1.29, 1.82) is 0 Å². The van der Waals surface area contributed by atoms with E-state index in [9.17, 15) is 14.5 Å². The Balaban J connectivity index is 1.33. The number of para-hydroxylation sites is 1. The van der Waals surface area contributed by atoms with Gasteiger partial charge in [0.05, 0.1) is 16.5 Å². The molecule has 9 heteroatoms. The number of halogens is 1. The standard InChI is InChI=1S/C23H27FN6O2/c1-29(2)22-19-5-3-4-6-21(19)27-23(28-22)26-17-10-8-16(9-11-17)25-14-15-7-12-18(30(31)32)13-20(15)24/h3-7,12-13,16-17,25H,8-11,14H2,1-2H3,(H,26,27,28)/t16-,17+. The molecule has 2 aromatic carbocycles. The van der Waals surface area contributed by atoms with Crippen molar-refractivity contribution >= 4 is 28.4 Å². The van der Waals surface area contributed by atoms with Crippen LogP contribution in [0.2, 0.25) is 0 Å². The Morgan fingerprint density at radius 2 is 1.81 bits per heavy atom. The number of rotatable bonds is 7. The Labute approximate surface area is 186 Å². The van der Waals surface area contributed by atoms with E-state index in [0.717, 1.165) is 48.5 Å². The number of hydrogen-bond donors (Lipinski definition) is 2. The minimum absolute atomic E-state index is 0.230. The van der Waals surface area contributed by atoms with Crippen molar-refractivity contribution in [3.63, 3.8) is 0 Å². The lowest BCUT2D eigenvalue weighted by molar-refractivity contribution is -0.385. The van der Waals surface area contributed by atoms with Gasteiger partial charge in [0.2, 0.25) is 5.95 Å². The predicted octanol–water partition coefficient (Wildman–Crippen LogP) is 4.26. The molecule has 0 bridgehead atoms. The van der Waals surface area contributed by atoms with Crippen molar-refractivity contribution in [3.05, 3.63) is 64.0 Å². The fourth-order valence-electron chi connectivity index (χ4n) is 4.14. The van der Waals surface area contributed by atoms with Gasteiger partial charge in [0, 0.05) is 49.7 Å². The maximum Gasteiger partial charge on any atom is 0.272 e. The van der Waals surface area contributed by atoms with Crippen LogP contribution in [0.1, 0.15) is 31.2 Å². The Morgan fingerprint density at radius 3 is 2.50 bits per heavy atom. The van der Waals surface area contributed by atoms with Crippen LogP contribution in [0.3, 0.4) is 0 Å². The topological polar surface area (TPSA) is 96.2 Å². The predicted molar refractivity (Wildman–Crippen MR) is 123 cm³/mol. The number of fused-ring (bicyclic) bond motifs is 1. The zero-order valence-electron chi connectivity index (χ0n) is 18.2. The third-order valence-corrected chi connectivity index (χ3v) is 5.90. The van der Waals surface area contributed by atoms with Crippen molar-refractivity contribution < 1.29 is 9.31 Å². The highest BCUT2D eigenvalue weighted by Crippen LogP contribution is 2.26. The number of benzene rings is 2. The number of hydrogen-bond acceptors (Lipinski definition) is 7. The van der Waals surface area contributed by atoms with Crippen molar-refractivity contribution in [2.24, 2.45) is 0 Å². The summed E-state index contributed by atoms with van der Waals surface area (Å²) in [6.45, 7) is 0.354. The summed E-state index contributed by atoms with van der Waals surface area (Å²) in [6, 6.07) is 12.3. The van der Waals surface area contributed by atoms with Gasteiger partial charge in [-0.1, -0.05) is 12.1 Å². The summed E-state index contributed by atoms with van der Waals surface area (Å²) in [4.78, 5) is 21.6. The number of nitrogens with zero attached hydrogens (tertiary/aromatic N) is 4. The molecular formula is C23H27FN6O2. The van der Waals surface area contributed by atoms with Crippen LogP contribution in [0.5, 0.6) is 0 Å². The second-order valence-corrected chi connectivity index (χ2v) is 8.39. The van der Waals surface area contributed by atoms with E-state index >= 15 is 0 Å². The average Bonchev–Trinajstić information content (AvgIpc) is 2.78. The van der Waals surface area contributed by atoms with Crippen LogP contribution < -0.4 is 15.5 Å². The van der Waals surface area contributed by atoms with Gasteiger partial charge in [0.1, 0.15) is 11.6 Å². The largest absolute Gasteiger partial charge is 0.362 e. The smallest absolute Gasteiger partial charge is 0.272 e. The monoisotopic (exact) mass is 438 g/mol. The summed E-state index contributed by atoms with van der Waals surface area (Å²) in [6.07, 6.45) is 3.79. The Morgan fingerprint density at radius 1 is 1.09 bits per heavy atom. The number of nitrogens with one attached hydrogen (secondary N) is 2. The molecular weight excluding hydrogens is 411 g/mol. The normalized spacial score (nSPS) is 18.5. The van der Waals surface area contributed by atoms with E-state index in [4.69, 9.17) is 4.98 Å². The molecule has 8 nitrogen and oxygen atoms in total. The molecule has 168 valence electrons. The molecule has 3 aromatic rings. The minimum atomic E-state index is -0.588. The van der Waals surface area contributed by atoms with Crippen LogP contribution in [-0.2, 0) is 6.54 Å². The molecule has 0 unspecified atom stereocenters. The molecule has 1 aliphatic rings. The van der Waals surface area contributed by atoms with E-state index in [1.54, 1.807) is 0 Å². The first-order valence-electron chi connectivity index (χ1n) is 10.8. The third-order valence-electron chi connectivity index (χ3n) is 5.90. The van der Waals surface area contributed by atoms with Crippen LogP contribution >= 0.6 is 0 Å². The highest BCUT2D eigenvalue weighted by molar-refractivity contribution is 5.90. The Kier molecular flexibility index (Phi) is 6.45. The van der Waals surface area contributed by atoms with Gasteiger partial charge in [-0.3, -0.25) is 10.1 Å². The van der Waals surface area contributed by atoms with E-state index in [-0.39, 0.29) is 17.8 Å². The van der Waals surface area contributed by atoms with Gasteiger partial charge >= 0.3 is 0 Å². The molecule has 0 saturated heterocycles. The maximum absolute atomic E-state index is 14.1. The lowest BCUT2D eigenvalue weighted by atomic mass is 9.91. The number of nitro groups is 1. The van der Waals surface area contributed by atoms with Gasteiger partial charge in [0.25, 0.3) is 5.69 Å². The first-order valence-corrected chi connectivity index (χ1v) is 10.8. The summed E-state index contributed by atoms with van der Waals surface area (Å²) in [5.74, 6) is 0.975. The molecule has 32 heavy (non-hydrogen) atoms. The van der Waals surface area contributed by atoms with Gasteiger partial charge in [-0.15, -0.1) is 0 Å². The van der Waals surface area contributed by atoms with E-state index in [1.807, 2.05) is 43.3 Å². The van der Waals surface area contributed by atoms with E-state index in [0.29, 0.717) is 18.1 Å². The Hall–Kier alpha value is -3.33. The summed E-state index contributed by atoms with van der Waals surface area (Å²) < 4.78 is 14.1. The van der Waals surface area contributed by atoms with Crippen LogP contribution in [-0.4, -0.2) is 41.1 Å². The lowest BCUT2D eigenvalue weighted by Crippen LogP contribution is -2.37. The quantitative estimate of drug-likeness (QED) is 0.420. The van der Waals surface area contributed by atoms with Crippen LogP contribution in [0, 0.1) is 15.9 Å². The maximum atomic E-state index is 14.1. The van der Waals surface area contributed by atoms with Gasteiger partial charge < -0.3 is 15.5 Å². The lowest BCUT2D eigenvalue weighted by Gasteiger charge is -2.30. The van der Waals surface area contributed by atoms with Gasteiger partial charge in [-0.2, -0.15) is 4.98 Å². The fraction of sp³-hybridized carbons (Fsp3) is 0.391. The summed E-state index contributed by atoms with van der Waals surface area (Å²) in [5.41, 5.74) is 1.12. The second kappa shape index (κ2) is 9.44. The van der Waals surface area contributed by atoms with Crippen molar-refractivity contribution in [1.82, 2.24) is 15.3 Å². The molecule has 0 aliphatic heterocycles. The number of aromatic nitrogens is 2. The van der Waals surface area contributed by atoms with Gasteiger partial charge in [-0.25, -0.2) is 9.37 Å². The molecule has 1 fully saturated rings. The molecule has 1 aromatic heterocycles. The molecule has 1 heterocycles. The SMILES string of the molecule is CN(C)c1nc(N[C@H]2CC[C@@H](NCc3ccc([N+](=O)[O-])cc3F)CC2)nc2ccccc12. The van der Waals surface area contributed by atoms with Crippen molar-refractivity contribution in [3.8, 4) is 0 Å². The molecule has 1 saturated carbocycles. The van der Waals surface area contributed by atoms with E-state index in [2.05, 4.69) is 15.6 Å². The van der Waals surface area contributed by atoms with Gasteiger partial charge in [0.15, 0.2) is 0 Å². The minimum Gasteiger partial charge on any atom is -0.362 e. The second-order valence-electron chi connectivity index (χ2n) is 8.39. The fourth-order valence-corrected chi connectivity index (χ4v) is 4.14. The first-order chi connectivity index (χ1) is 15.4. The van der Waals surface area contributed by atoms with Crippen LogP contribution in [0.4, 0.5) is 21.8 Å². The summed E-state index contributed by atoms with van der Waals surface area (Å²) in [7, 11) is 3.95. The van der Waals surface area contributed by atoms with Crippen molar-refractivity contribution in [2.45, 2.75) is 44.3 Å². The van der Waals surface area contributed by atoms with E-state index < -0.39 is 10.7 Å². The molecule has 0 amide bonds. The first kappa shape index (κ1) is 21.9. The molecule has 0 radical (unpaired) electrons. The van der Waals surface area contributed by atoms with E-state index in [1.165, 1.54) is 12.1 Å². The van der Waals surface area contributed by atoms with Crippen LogP contribution in [0.25, 0.3) is 10.9 Å². The number of non-ortho nitro benzene ring substituents is 1. The highest BCUT2D eigenvalue weighted by atomic mass is 19.1. The number of nitro benzene ring substituents is 1. The number of anilines is 2. The Bertz CT molecular complexity index is 1110. The molecule has 0 spiro atoms. The zero-order chi connectivity index (χ0) is 22.7. The third kappa shape index (κ3) is 4.94. The van der Waals surface area contributed by atoms with Gasteiger partial charge in [-0.05, 0) is 43.9 Å². The highest BCUT2D eigenvalue weighted by Gasteiger charge is 2.22. The van der Waals surface area contributed by atoms with Crippen molar-refractivity contribution in [2.75, 3.05) is 24.3 Å². The molecule has 2 N–H and O–H groups in total. The molecule has 1 aliphatic carbocycles. The summed E-state index contributed by atoms with van der Waals surface area (Å²) in [5, 5.41) is 18.6. The molecule has 0 atom stereocenters. The van der Waals surface area contributed by atoms with Crippen LogP contribution in [0.15, 0.2) is 42.5 Å². The zero-order valence-corrected chi connectivity index (χ0v) is 18.2. The average molecular weight is 439 g/mol.